The van der Waals surface area contributed by atoms with Gasteiger partial charge in [-0.3, -0.25) is 9.00 Å². The Kier molecular flexibility index (Phi) is 4.32. The molecule has 134 valence electrons. The Morgan fingerprint density at radius 2 is 2.00 bits per heavy atom. The molecule has 0 amide bonds. The first-order chi connectivity index (χ1) is 12.5. The van der Waals surface area contributed by atoms with Crippen molar-refractivity contribution >= 4 is 21.6 Å². The molecule has 6 nitrogen and oxygen atoms in total. The molecule has 1 fully saturated rings. The van der Waals surface area contributed by atoms with Crippen molar-refractivity contribution < 1.29 is 8.95 Å². The summed E-state index contributed by atoms with van der Waals surface area (Å²) in [7, 11) is 0.400. The lowest BCUT2D eigenvalue weighted by atomic mass is 10.0. The lowest BCUT2D eigenvalue weighted by Crippen LogP contribution is -2.17. The van der Waals surface area contributed by atoms with E-state index in [1.54, 1.807) is 31.8 Å². The van der Waals surface area contributed by atoms with Gasteiger partial charge in [-0.2, -0.15) is 0 Å². The number of nitrogens with zero attached hydrogens (tertiary/aromatic N) is 3. The summed E-state index contributed by atoms with van der Waals surface area (Å²) in [6, 6.07) is 7.41. The molecule has 26 heavy (non-hydrogen) atoms. The number of ether oxygens (including phenoxy) is 1. The molecule has 1 saturated carbocycles. The third kappa shape index (κ3) is 3.14. The first kappa shape index (κ1) is 16.9. The van der Waals surface area contributed by atoms with Crippen molar-refractivity contribution in [3.05, 3.63) is 47.0 Å². The smallest absolute Gasteiger partial charge is 0.258 e. The van der Waals surface area contributed by atoms with Gasteiger partial charge in [-0.1, -0.05) is 18.2 Å². The van der Waals surface area contributed by atoms with E-state index in [4.69, 9.17) is 4.74 Å². The van der Waals surface area contributed by atoms with Crippen molar-refractivity contribution in [1.29, 1.82) is 0 Å². The zero-order valence-corrected chi connectivity index (χ0v) is 15.5. The van der Waals surface area contributed by atoms with Crippen molar-refractivity contribution in [2.24, 2.45) is 13.0 Å². The molecule has 4 rings (SSSR count). The molecule has 1 aliphatic carbocycles. The maximum absolute atomic E-state index is 12.4. The molecule has 0 N–H and O–H groups in total. The van der Waals surface area contributed by atoms with Gasteiger partial charge in [0.25, 0.3) is 5.56 Å². The lowest BCUT2D eigenvalue weighted by molar-refractivity contribution is 0.298. The third-order valence-electron chi connectivity index (χ3n) is 4.51. The molecule has 0 aliphatic heterocycles. The van der Waals surface area contributed by atoms with E-state index in [0.29, 0.717) is 29.4 Å². The number of fused-ring (bicyclic) bond motifs is 1. The summed E-state index contributed by atoms with van der Waals surface area (Å²) in [4.78, 5) is 21.1. The first-order valence-corrected chi connectivity index (χ1v) is 10.0. The van der Waals surface area contributed by atoms with E-state index in [-0.39, 0.29) is 10.7 Å². The molecular formula is C19H19N3O3S. The summed E-state index contributed by atoms with van der Waals surface area (Å²) in [6.07, 6.45) is 7.23. The van der Waals surface area contributed by atoms with E-state index in [0.717, 1.165) is 10.9 Å². The van der Waals surface area contributed by atoms with Gasteiger partial charge in [0.15, 0.2) is 5.75 Å². The second-order valence-corrected chi connectivity index (χ2v) is 7.85. The minimum atomic E-state index is -1.31. The number of hydrogen-bond donors (Lipinski definition) is 0. The van der Waals surface area contributed by atoms with Crippen LogP contribution in [-0.2, 0) is 17.8 Å². The molecule has 7 heteroatoms. The van der Waals surface area contributed by atoms with Gasteiger partial charge in [-0.05, 0) is 30.2 Å². The molecule has 0 bridgehead atoms. The van der Waals surface area contributed by atoms with Gasteiger partial charge in [-0.25, -0.2) is 9.97 Å². The Bertz CT molecular complexity index is 1070. The minimum Gasteiger partial charge on any atom is -0.489 e. The predicted molar refractivity (Wildman–Crippen MR) is 101 cm³/mol. The summed E-state index contributed by atoms with van der Waals surface area (Å²) in [5, 5.41) is 1.65. The van der Waals surface area contributed by atoms with E-state index >= 15 is 0 Å². The second kappa shape index (κ2) is 6.64. The SMILES string of the molecule is Cn1cc(-c2nc(S(C)=O)ncc2OCC2CC2)c2ccccc2c1=O. The van der Waals surface area contributed by atoms with Crippen LogP contribution in [0.2, 0.25) is 0 Å². The van der Waals surface area contributed by atoms with Crippen LogP contribution in [0.4, 0.5) is 0 Å². The molecule has 0 radical (unpaired) electrons. The van der Waals surface area contributed by atoms with Crippen LogP contribution < -0.4 is 10.3 Å². The Morgan fingerprint density at radius 3 is 2.69 bits per heavy atom. The van der Waals surface area contributed by atoms with Crippen LogP contribution in [-0.4, -0.2) is 31.6 Å². The van der Waals surface area contributed by atoms with Crippen LogP contribution in [0.1, 0.15) is 12.8 Å². The van der Waals surface area contributed by atoms with Gasteiger partial charge in [0, 0.05) is 30.4 Å². The molecule has 0 spiro atoms. The van der Waals surface area contributed by atoms with Crippen LogP contribution in [0, 0.1) is 5.92 Å². The van der Waals surface area contributed by atoms with Crippen molar-refractivity contribution in [2.45, 2.75) is 18.0 Å². The second-order valence-electron chi connectivity index (χ2n) is 6.58. The highest BCUT2D eigenvalue weighted by Gasteiger charge is 2.24. The molecule has 1 atom stereocenters. The van der Waals surface area contributed by atoms with E-state index in [2.05, 4.69) is 9.97 Å². The summed E-state index contributed by atoms with van der Waals surface area (Å²) in [5.41, 5.74) is 1.26. The number of aromatic nitrogens is 3. The number of benzene rings is 1. The first-order valence-electron chi connectivity index (χ1n) is 8.46. The number of rotatable bonds is 5. The maximum atomic E-state index is 12.4. The van der Waals surface area contributed by atoms with Crippen LogP contribution in [0.15, 0.2) is 46.6 Å². The fraction of sp³-hybridized carbons (Fsp3) is 0.316. The van der Waals surface area contributed by atoms with Gasteiger partial charge in [-0.15, -0.1) is 0 Å². The Hall–Kier alpha value is -2.54. The fourth-order valence-electron chi connectivity index (χ4n) is 2.89. The zero-order chi connectivity index (χ0) is 18.3. The molecule has 2 aromatic heterocycles. The third-order valence-corrected chi connectivity index (χ3v) is 5.22. The van der Waals surface area contributed by atoms with E-state index in [1.807, 2.05) is 18.2 Å². The molecule has 2 heterocycles. The normalized spacial score (nSPS) is 15.2. The average molecular weight is 369 g/mol. The molecule has 3 aromatic rings. The van der Waals surface area contributed by atoms with Gasteiger partial charge < -0.3 is 9.30 Å². The summed E-state index contributed by atoms with van der Waals surface area (Å²) in [6.45, 7) is 0.620. The lowest BCUT2D eigenvalue weighted by Gasteiger charge is -2.14. The average Bonchev–Trinajstić information content (AvgIpc) is 3.47. The largest absolute Gasteiger partial charge is 0.489 e. The molecular weight excluding hydrogens is 350 g/mol. The summed E-state index contributed by atoms with van der Waals surface area (Å²) in [5.74, 6) is 1.13. The van der Waals surface area contributed by atoms with Gasteiger partial charge >= 0.3 is 0 Å². The van der Waals surface area contributed by atoms with Crippen LogP contribution in [0.3, 0.4) is 0 Å². The number of hydrogen-bond acceptors (Lipinski definition) is 5. The highest BCUT2D eigenvalue weighted by molar-refractivity contribution is 7.84. The highest BCUT2D eigenvalue weighted by Crippen LogP contribution is 2.35. The topological polar surface area (TPSA) is 74.1 Å². The standard InChI is InChI=1S/C19H19N3O3S/c1-22-10-15(13-5-3-4-6-14(13)18(22)23)17-16(25-11-12-7-8-12)9-20-19(21-17)26(2)24/h3-6,9-10,12H,7-8,11H2,1-2H3. The predicted octanol–water partition coefficient (Wildman–Crippen LogP) is 2.52. The Labute approximate surface area is 153 Å². The van der Waals surface area contributed by atoms with Crippen LogP contribution >= 0.6 is 0 Å². The Balaban J connectivity index is 1.94. The van der Waals surface area contributed by atoms with Gasteiger partial charge in [0.2, 0.25) is 5.16 Å². The summed E-state index contributed by atoms with van der Waals surface area (Å²) < 4.78 is 19.4. The van der Waals surface area contributed by atoms with Crippen LogP contribution in [0.5, 0.6) is 5.75 Å². The molecule has 1 aromatic carbocycles. The van der Waals surface area contributed by atoms with E-state index in [9.17, 15) is 9.00 Å². The molecule has 0 saturated heterocycles. The van der Waals surface area contributed by atoms with Crippen molar-refractivity contribution in [3.63, 3.8) is 0 Å². The van der Waals surface area contributed by atoms with Crippen molar-refractivity contribution in [1.82, 2.24) is 14.5 Å². The fourth-order valence-corrected chi connectivity index (χ4v) is 3.31. The number of pyridine rings is 1. The molecule has 1 unspecified atom stereocenters. The number of aryl methyl sites for hydroxylation is 1. The van der Waals surface area contributed by atoms with Gasteiger partial charge in [0.1, 0.15) is 5.69 Å². The van der Waals surface area contributed by atoms with Gasteiger partial charge in [0.05, 0.1) is 23.6 Å². The van der Waals surface area contributed by atoms with E-state index in [1.165, 1.54) is 17.4 Å². The summed E-state index contributed by atoms with van der Waals surface area (Å²) >= 11 is 0. The van der Waals surface area contributed by atoms with E-state index < -0.39 is 10.8 Å². The monoisotopic (exact) mass is 369 g/mol. The Morgan fingerprint density at radius 1 is 1.27 bits per heavy atom. The van der Waals surface area contributed by atoms with Crippen LogP contribution in [0.25, 0.3) is 22.0 Å². The minimum absolute atomic E-state index is 0.0712. The molecule has 1 aliphatic rings. The quantitative estimate of drug-likeness (QED) is 0.646. The van der Waals surface area contributed by atoms with Crippen molar-refractivity contribution in [2.75, 3.05) is 12.9 Å². The van der Waals surface area contributed by atoms with Crippen molar-refractivity contribution in [3.8, 4) is 17.0 Å². The maximum Gasteiger partial charge on any atom is 0.258 e. The zero-order valence-electron chi connectivity index (χ0n) is 14.6. The highest BCUT2D eigenvalue weighted by atomic mass is 32.2.